The highest BCUT2D eigenvalue weighted by Crippen LogP contribution is 2.25. The zero-order valence-corrected chi connectivity index (χ0v) is 17.9. The maximum Gasteiger partial charge on any atom is 0.252 e. The van der Waals surface area contributed by atoms with Crippen molar-refractivity contribution in [2.45, 2.75) is 38.8 Å². The highest BCUT2D eigenvalue weighted by Gasteiger charge is 2.20. The minimum Gasteiger partial charge on any atom is -0.378 e. The molecule has 2 aromatic heterocycles. The molecule has 1 fully saturated rings. The molecule has 2 aromatic rings. The molecule has 1 aliphatic rings. The van der Waals surface area contributed by atoms with Gasteiger partial charge in [0.15, 0.2) is 11.6 Å². The number of ether oxygens (including phenoxy) is 1. The first-order valence-corrected chi connectivity index (χ1v) is 10.5. The number of anilines is 4. The summed E-state index contributed by atoms with van der Waals surface area (Å²) < 4.78 is 20.0. The van der Waals surface area contributed by atoms with Crippen molar-refractivity contribution in [3.63, 3.8) is 0 Å². The first-order chi connectivity index (χ1) is 14.9. The van der Waals surface area contributed by atoms with Crippen LogP contribution in [0.4, 0.5) is 27.5 Å². The van der Waals surface area contributed by atoms with Crippen molar-refractivity contribution in [2.24, 2.45) is 11.5 Å². The van der Waals surface area contributed by atoms with Gasteiger partial charge in [0.05, 0.1) is 30.7 Å². The van der Waals surface area contributed by atoms with Crippen LogP contribution in [-0.2, 0) is 4.74 Å². The average molecular weight is 432 g/mol. The van der Waals surface area contributed by atoms with E-state index in [1.807, 2.05) is 26.0 Å². The molecule has 6 N–H and O–H groups in total. The van der Waals surface area contributed by atoms with Crippen molar-refractivity contribution in [3.05, 3.63) is 35.8 Å². The number of halogens is 1. The average Bonchev–Trinajstić information content (AvgIpc) is 2.76. The highest BCUT2D eigenvalue weighted by molar-refractivity contribution is 5.98. The molecule has 1 amide bonds. The summed E-state index contributed by atoms with van der Waals surface area (Å²) in [5.74, 6) is -0.450. The van der Waals surface area contributed by atoms with Gasteiger partial charge in [0.2, 0.25) is 0 Å². The van der Waals surface area contributed by atoms with E-state index < -0.39 is 11.7 Å². The fourth-order valence-electron chi connectivity index (χ4n) is 3.40. The van der Waals surface area contributed by atoms with Crippen LogP contribution in [0.3, 0.4) is 0 Å². The third-order valence-electron chi connectivity index (χ3n) is 5.14. The summed E-state index contributed by atoms with van der Waals surface area (Å²) in [6.07, 6.45) is 3.27. The first kappa shape index (κ1) is 22.7. The molecule has 1 saturated heterocycles. The van der Waals surface area contributed by atoms with E-state index in [-0.39, 0.29) is 29.3 Å². The number of carbonyl (C=O) groups excluding carboxylic acids is 1. The van der Waals surface area contributed by atoms with Crippen LogP contribution in [0.5, 0.6) is 0 Å². The van der Waals surface area contributed by atoms with E-state index in [0.717, 1.165) is 37.8 Å². The number of pyridine rings is 2. The summed E-state index contributed by atoms with van der Waals surface area (Å²) in [7, 11) is 0. The number of rotatable bonds is 9. The predicted octanol–water partition coefficient (Wildman–Crippen LogP) is 2.22. The molecule has 2 atom stereocenters. The Morgan fingerprint density at radius 1 is 1.32 bits per heavy atom. The molecular weight excluding hydrogens is 401 g/mol. The first-order valence-electron chi connectivity index (χ1n) is 10.5. The Balaban J connectivity index is 1.84. The lowest BCUT2D eigenvalue weighted by Crippen LogP contribution is -2.38. The third-order valence-corrected chi connectivity index (χ3v) is 5.14. The van der Waals surface area contributed by atoms with Gasteiger partial charge in [-0.1, -0.05) is 13.3 Å². The highest BCUT2D eigenvalue weighted by atomic mass is 19.1. The van der Waals surface area contributed by atoms with Crippen LogP contribution in [0.1, 0.15) is 37.0 Å². The Bertz CT molecular complexity index is 886. The number of primary amides is 1. The van der Waals surface area contributed by atoms with Crippen LogP contribution >= 0.6 is 0 Å². The van der Waals surface area contributed by atoms with Gasteiger partial charge in [0.1, 0.15) is 11.6 Å². The van der Waals surface area contributed by atoms with E-state index in [9.17, 15) is 9.18 Å². The lowest BCUT2D eigenvalue weighted by molar-refractivity contribution is 0.100. The van der Waals surface area contributed by atoms with Crippen LogP contribution in [0, 0.1) is 5.82 Å². The zero-order valence-electron chi connectivity index (χ0n) is 17.9. The monoisotopic (exact) mass is 431 g/mol. The molecule has 3 heterocycles. The Hall–Kier alpha value is -2.98. The summed E-state index contributed by atoms with van der Waals surface area (Å²) in [6.45, 7) is 6.76. The number of nitrogens with zero attached hydrogens (tertiary/aromatic N) is 3. The van der Waals surface area contributed by atoms with Crippen LogP contribution in [0.25, 0.3) is 0 Å². The number of hydrogen-bond donors (Lipinski definition) is 4. The SMILES string of the molecule is CCCC(Nc1nc(Nc2ccc(N3CCOCC3)nc2)c(C(N)=O)cc1F)C(C)N. The van der Waals surface area contributed by atoms with Crippen LogP contribution < -0.4 is 27.0 Å². The van der Waals surface area contributed by atoms with Gasteiger partial charge in [-0.25, -0.2) is 14.4 Å². The molecule has 31 heavy (non-hydrogen) atoms. The van der Waals surface area contributed by atoms with Crippen molar-refractivity contribution in [1.29, 1.82) is 0 Å². The van der Waals surface area contributed by atoms with Gasteiger partial charge >= 0.3 is 0 Å². The number of carbonyl (C=O) groups is 1. The Morgan fingerprint density at radius 2 is 2.06 bits per heavy atom. The quantitative estimate of drug-likeness (QED) is 0.475. The van der Waals surface area contributed by atoms with E-state index in [1.165, 1.54) is 0 Å². The van der Waals surface area contributed by atoms with Crippen LogP contribution in [-0.4, -0.2) is 54.3 Å². The molecule has 0 bridgehead atoms. The Kier molecular flexibility index (Phi) is 7.59. The van der Waals surface area contributed by atoms with E-state index in [2.05, 4.69) is 25.5 Å². The molecule has 1 aliphatic heterocycles. The summed E-state index contributed by atoms with van der Waals surface area (Å²) >= 11 is 0. The molecule has 0 aliphatic carbocycles. The van der Waals surface area contributed by atoms with Gasteiger partial charge in [0.25, 0.3) is 5.91 Å². The van der Waals surface area contributed by atoms with Crippen LogP contribution in [0.15, 0.2) is 24.4 Å². The predicted molar refractivity (Wildman–Crippen MR) is 119 cm³/mol. The zero-order chi connectivity index (χ0) is 22.4. The number of aromatic nitrogens is 2. The lowest BCUT2D eigenvalue weighted by atomic mass is 10.1. The Labute approximate surface area is 181 Å². The fourth-order valence-corrected chi connectivity index (χ4v) is 3.40. The normalized spacial score (nSPS) is 15.9. The van der Waals surface area contributed by atoms with E-state index in [4.69, 9.17) is 16.2 Å². The van der Waals surface area contributed by atoms with Gasteiger partial charge in [-0.2, -0.15) is 0 Å². The van der Waals surface area contributed by atoms with Gasteiger partial charge in [0, 0.05) is 25.2 Å². The van der Waals surface area contributed by atoms with E-state index in [1.54, 1.807) is 6.20 Å². The number of hydrogen-bond acceptors (Lipinski definition) is 8. The van der Waals surface area contributed by atoms with Crippen molar-refractivity contribution in [1.82, 2.24) is 9.97 Å². The third kappa shape index (κ3) is 5.80. The topological polar surface area (TPSA) is 131 Å². The summed E-state index contributed by atoms with van der Waals surface area (Å²) in [5, 5.41) is 6.09. The van der Waals surface area contributed by atoms with E-state index >= 15 is 0 Å². The smallest absolute Gasteiger partial charge is 0.252 e. The summed E-state index contributed by atoms with van der Waals surface area (Å²) in [5.41, 5.74) is 12.0. The molecular formula is C21H30FN7O2. The molecule has 10 heteroatoms. The van der Waals surface area contributed by atoms with Crippen molar-refractivity contribution >= 4 is 29.0 Å². The maximum absolute atomic E-state index is 14.6. The molecule has 0 spiro atoms. The minimum absolute atomic E-state index is 0.0150. The number of nitrogens with one attached hydrogen (secondary N) is 2. The number of morpholine rings is 1. The maximum atomic E-state index is 14.6. The number of nitrogens with two attached hydrogens (primary N) is 2. The summed E-state index contributed by atoms with van der Waals surface area (Å²) in [6, 6.07) is 4.41. The van der Waals surface area contributed by atoms with Crippen molar-refractivity contribution < 1.29 is 13.9 Å². The number of amides is 1. The largest absolute Gasteiger partial charge is 0.378 e. The second kappa shape index (κ2) is 10.4. The minimum atomic E-state index is -0.782. The van der Waals surface area contributed by atoms with E-state index in [0.29, 0.717) is 18.9 Å². The standard InChI is InChI=1S/C21H30FN7O2/c1-3-4-17(13(2)23)27-21-16(22)11-15(19(24)30)20(28-21)26-14-5-6-18(25-12-14)29-7-9-31-10-8-29/h5-6,11-13,17H,3-4,7-10,23H2,1-2H3,(H2,24,30)(H2,26,27,28). The molecule has 0 aromatic carbocycles. The Morgan fingerprint density at radius 3 is 2.65 bits per heavy atom. The fraction of sp³-hybridized carbons (Fsp3) is 0.476. The van der Waals surface area contributed by atoms with Crippen LogP contribution in [0.2, 0.25) is 0 Å². The van der Waals surface area contributed by atoms with Crippen molar-refractivity contribution in [3.8, 4) is 0 Å². The second-order valence-corrected chi connectivity index (χ2v) is 7.61. The second-order valence-electron chi connectivity index (χ2n) is 7.61. The summed E-state index contributed by atoms with van der Waals surface area (Å²) in [4.78, 5) is 22.8. The molecule has 3 rings (SSSR count). The molecule has 2 unspecified atom stereocenters. The van der Waals surface area contributed by atoms with Gasteiger partial charge in [-0.15, -0.1) is 0 Å². The lowest BCUT2D eigenvalue weighted by Gasteiger charge is -2.27. The molecule has 0 saturated carbocycles. The molecule has 9 nitrogen and oxygen atoms in total. The van der Waals surface area contributed by atoms with Gasteiger partial charge in [-0.3, -0.25) is 4.79 Å². The molecule has 0 radical (unpaired) electrons. The van der Waals surface area contributed by atoms with Gasteiger partial charge in [-0.05, 0) is 31.5 Å². The van der Waals surface area contributed by atoms with Gasteiger partial charge < -0.3 is 31.7 Å². The van der Waals surface area contributed by atoms with Crippen molar-refractivity contribution in [2.75, 3.05) is 41.8 Å². The molecule has 168 valence electrons.